The van der Waals surface area contributed by atoms with Crippen LogP contribution in [0.1, 0.15) is 38.5 Å². The van der Waals surface area contributed by atoms with Crippen LogP contribution < -0.4 is 5.11 Å². The van der Waals surface area contributed by atoms with Crippen LogP contribution in [-0.4, -0.2) is 50.9 Å². The predicted octanol–water partition coefficient (Wildman–Crippen LogP) is 1.32. The number of hydrogen-bond donors (Lipinski definition) is 0. The van der Waals surface area contributed by atoms with Crippen LogP contribution in [0.3, 0.4) is 0 Å². The minimum atomic E-state index is -4.39. The van der Waals surface area contributed by atoms with Crippen molar-refractivity contribution in [2.24, 2.45) is 23.2 Å². The fourth-order valence-corrected chi connectivity index (χ4v) is 5.85. The summed E-state index contributed by atoms with van der Waals surface area (Å²) in [6, 6.07) is 0. The van der Waals surface area contributed by atoms with E-state index in [1.807, 2.05) is 0 Å². The van der Waals surface area contributed by atoms with Crippen LogP contribution in [0.4, 0.5) is 8.78 Å². The molecule has 0 atom stereocenters. The summed E-state index contributed by atoms with van der Waals surface area (Å²) >= 11 is 0. The van der Waals surface area contributed by atoms with Crippen molar-refractivity contribution in [2.75, 3.05) is 33.0 Å². The Bertz CT molecular complexity index is 511. The van der Waals surface area contributed by atoms with Gasteiger partial charge in [-0.05, 0) is 61.7 Å². The molecule has 1 heterocycles. The van der Waals surface area contributed by atoms with Crippen LogP contribution in [0.25, 0.3) is 0 Å². The highest BCUT2D eigenvalue weighted by Crippen LogP contribution is 2.60. The fourth-order valence-electron chi connectivity index (χ4n) is 5.85. The second-order valence-electron chi connectivity index (χ2n) is 8.61. The van der Waals surface area contributed by atoms with Gasteiger partial charge in [-0.2, -0.15) is 8.78 Å². The number of hydrogen-bond acceptors (Lipinski definition) is 6. The van der Waals surface area contributed by atoms with Gasteiger partial charge in [-0.3, -0.25) is 0 Å². The molecule has 6 nitrogen and oxygen atoms in total. The first-order chi connectivity index (χ1) is 12.3. The highest BCUT2D eigenvalue weighted by molar-refractivity contribution is 5.71. The highest BCUT2D eigenvalue weighted by atomic mass is 19.3. The number of carbonyl (C=O) groups is 1. The molecule has 0 spiro atoms. The van der Waals surface area contributed by atoms with Gasteiger partial charge in [-0.1, -0.05) is 0 Å². The van der Waals surface area contributed by atoms with Gasteiger partial charge >= 0.3 is 6.11 Å². The topological polar surface area (TPSA) is 77.1 Å². The van der Waals surface area contributed by atoms with Gasteiger partial charge in [0.25, 0.3) is 0 Å². The zero-order valence-electron chi connectivity index (χ0n) is 14.7. The Labute approximate surface area is 151 Å². The van der Waals surface area contributed by atoms with Crippen LogP contribution in [0.15, 0.2) is 0 Å². The minimum absolute atomic E-state index is 0.0577. The average Bonchev–Trinajstić information content (AvgIpc) is 3.01. The lowest BCUT2D eigenvalue weighted by Gasteiger charge is -2.56. The summed E-state index contributed by atoms with van der Waals surface area (Å²) in [7, 11) is 0. The van der Waals surface area contributed by atoms with E-state index >= 15 is 0 Å². The van der Waals surface area contributed by atoms with Crippen LogP contribution in [0.5, 0.6) is 0 Å². The minimum Gasteiger partial charge on any atom is -0.542 e. The third-order valence-electron chi connectivity index (χ3n) is 6.42. The number of aliphatic carboxylic acids is 1. The molecular weight excluding hydrogens is 350 g/mol. The summed E-state index contributed by atoms with van der Waals surface area (Å²) in [4.78, 5) is 10.4. The SMILES string of the molecule is O=C([O-])C(F)(F)OCC1(COCC23CC4CC(CC(C4)C2)C3)OCCO1. The Hall–Kier alpha value is -0.830. The molecule has 8 heteroatoms. The summed E-state index contributed by atoms with van der Waals surface area (Å²) in [6.45, 7) is 0.219. The van der Waals surface area contributed by atoms with Gasteiger partial charge in [0.15, 0.2) is 0 Å². The second-order valence-corrected chi connectivity index (χ2v) is 8.61. The van der Waals surface area contributed by atoms with Crippen LogP contribution in [0, 0.1) is 23.2 Å². The molecule has 1 saturated heterocycles. The summed E-state index contributed by atoms with van der Waals surface area (Å²) in [5, 5.41) is 10.4. The lowest BCUT2D eigenvalue weighted by Crippen LogP contribution is -2.51. The van der Waals surface area contributed by atoms with Gasteiger partial charge < -0.3 is 28.8 Å². The Morgan fingerprint density at radius 2 is 1.54 bits per heavy atom. The number of halogens is 2. The fraction of sp³-hybridized carbons (Fsp3) is 0.944. The Morgan fingerprint density at radius 1 is 1.00 bits per heavy atom. The largest absolute Gasteiger partial charge is 0.542 e. The number of alkyl halides is 2. The van der Waals surface area contributed by atoms with E-state index in [1.54, 1.807) is 0 Å². The van der Waals surface area contributed by atoms with Crippen molar-refractivity contribution in [1.82, 2.24) is 0 Å². The summed E-state index contributed by atoms with van der Waals surface area (Å²) < 4.78 is 47.2. The Morgan fingerprint density at radius 3 is 2.04 bits per heavy atom. The maximum absolute atomic E-state index is 13.2. The summed E-state index contributed by atoms with van der Waals surface area (Å²) in [5.41, 5.74) is 0.185. The Balaban J connectivity index is 1.32. The normalized spacial score (nSPS) is 38.0. The smallest absolute Gasteiger partial charge is 0.397 e. The molecule has 5 rings (SSSR count). The number of carboxylic acids is 1. The lowest BCUT2D eigenvalue weighted by molar-refractivity contribution is -0.372. The molecule has 26 heavy (non-hydrogen) atoms. The van der Waals surface area contributed by atoms with Crippen LogP contribution in [-0.2, 0) is 23.7 Å². The highest BCUT2D eigenvalue weighted by Gasteiger charge is 2.51. The molecular formula is C18H25F2O6-. The van der Waals surface area contributed by atoms with E-state index in [0.29, 0.717) is 6.61 Å². The first-order valence-electron chi connectivity index (χ1n) is 9.39. The van der Waals surface area contributed by atoms with Gasteiger partial charge in [-0.25, -0.2) is 0 Å². The molecule has 0 unspecified atom stereocenters. The maximum atomic E-state index is 13.2. The molecule has 0 amide bonds. The predicted molar refractivity (Wildman–Crippen MR) is 82.0 cm³/mol. The number of ether oxygens (including phenoxy) is 4. The van der Waals surface area contributed by atoms with Crippen molar-refractivity contribution in [1.29, 1.82) is 0 Å². The van der Waals surface area contributed by atoms with Gasteiger partial charge in [0.1, 0.15) is 19.2 Å². The lowest BCUT2D eigenvalue weighted by atomic mass is 9.50. The summed E-state index contributed by atoms with van der Waals surface area (Å²) in [6.07, 6.45) is 3.14. The first kappa shape index (κ1) is 18.5. The van der Waals surface area contributed by atoms with E-state index in [4.69, 9.17) is 14.2 Å². The van der Waals surface area contributed by atoms with Crippen molar-refractivity contribution in [3.63, 3.8) is 0 Å². The van der Waals surface area contributed by atoms with Gasteiger partial charge in [0.2, 0.25) is 5.79 Å². The average molecular weight is 375 g/mol. The zero-order chi connectivity index (χ0) is 18.4. The number of rotatable bonds is 8. The van der Waals surface area contributed by atoms with E-state index in [0.717, 1.165) is 17.8 Å². The quantitative estimate of drug-likeness (QED) is 0.637. The molecule has 148 valence electrons. The molecule has 0 radical (unpaired) electrons. The van der Waals surface area contributed by atoms with E-state index in [2.05, 4.69) is 4.74 Å². The molecule has 4 saturated carbocycles. The van der Waals surface area contributed by atoms with Crippen molar-refractivity contribution in [3.8, 4) is 0 Å². The number of carboxylic acid groups (broad SMARTS) is 1. The Kier molecular flexibility index (Phi) is 4.74. The zero-order valence-corrected chi connectivity index (χ0v) is 14.7. The third-order valence-corrected chi connectivity index (χ3v) is 6.42. The maximum Gasteiger partial charge on any atom is 0.397 e. The standard InChI is InChI=1S/C18H26F2O6/c19-18(20,15(21)22)26-11-17(24-1-2-25-17)10-23-9-16-6-12-3-13(7-16)5-14(4-12)8-16/h12-14H,1-11H2,(H,21,22)/p-1. The monoisotopic (exact) mass is 375 g/mol. The van der Waals surface area contributed by atoms with Gasteiger partial charge in [0, 0.05) is 0 Å². The molecule has 0 aromatic carbocycles. The van der Waals surface area contributed by atoms with Crippen LogP contribution in [0.2, 0.25) is 0 Å². The van der Waals surface area contributed by atoms with E-state index < -0.39 is 24.5 Å². The van der Waals surface area contributed by atoms with Crippen molar-refractivity contribution < 1.29 is 37.6 Å². The number of carbonyl (C=O) groups excluding carboxylic acids is 1. The van der Waals surface area contributed by atoms with E-state index in [1.165, 1.54) is 38.5 Å². The van der Waals surface area contributed by atoms with Gasteiger partial charge in [0.05, 0.1) is 19.8 Å². The molecule has 4 bridgehead atoms. The molecule has 5 aliphatic rings. The van der Waals surface area contributed by atoms with Crippen LogP contribution >= 0.6 is 0 Å². The molecule has 5 fully saturated rings. The van der Waals surface area contributed by atoms with Crippen molar-refractivity contribution >= 4 is 5.97 Å². The van der Waals surface area contributed by atoms with E-state index in [9.17, 15) is 18.7 Å². The van der Waals surface area contributed by atoms with E-state index in [-0.39, 0.29) is 25.2 Å². The molecule has 0 aromatic rings. The first-order valence-corrected chi connectivity index (χ1v) is 9.39. The molecule has 1 aliphatic heterocycles. The third kappa shape index (κ3) is 3.61. The van der Waals surface area contributed by atoms with Gasteiger partial charge in [-0.15, -0.1) is 0 Å². The van der Waals surface area contributed by atoms with Crippen molar-refractivity contribution in [3.05, 3.63) is 0 Å². The molecule has 4 aliphatic carbocycles. The second kappa shape index (κ2) is 6.65. The van der Waals surface area contributed by atoms with Crippen molar-refractivity contribution in [2.45, 2.75) is 50.4 Å². The molecule has 0 aromatic heterocycles. The summed E-state index contributed by atoms with van der Waals surface area (Å²) in [5.74, 6) is -1.69. The molecule has 0 N–H and O–H groups in total.